The van der Waals surface area contributed by atoms with Gasteiger partial charge in [-0.25, -0.2) is 0 Å². The summed E-state index contributed by atoms with van der Waals surface area (Å²) in [4.78, 5) is 19.6. The highest BCUT2D eigenvalue weighted by atomic mass is 16.5. The second kappa shape index (κ2) is 21.9. The van der Waals surface area contributed by atoms with Crippen molar-refractivity contribution in [1.82, 2.24) is 5.32 Å². The van der Waals surface area contributed by atoms with E-state index in [2.05, 4.69) is 5.32 Å². The quantitative estimate of drug-likeness (QED) is 0.468. The Kier molecular flexibility index (Phi) is 23.7. The van der Waals surface area contributed by atoms with Crippen molar-refractivity contribution in [3.8, 4) is 11.5 Å². The Bertz CT molecular complexity index is 517. The molecule has 0 aromatic heterocycles. The second-order valence-electron chi connectivity index (χ2n) is 4.88. The van der Waals surface area contributed by atoms with Crippen LogP contribution in [0.4, 0.5) is 0 Å². The first-order valence-corrected chi connectivity index (χ1v) is 9.59. The molecule has 1 aromatic rings. The molecule has 1 aliphatic rings. The van der Waals surface area contributed by atoms with Crippen LogP contribution in [-0.4, -0.2) is 71.9 Å². The van der Waals surface area contributed by atoms with Crippen LogP contribution in [0, 0.1) is 0 Å². The van der Waals surface area contributed by atoms with Crippen molar-refractivity contribution in [2.45, 2.75) is 53.2 Å². The molecule has 9 nitrogen and oxygen atoms in total. The Morgan fingerprint density at radius 3 is 2.03 bits per heavy atom. The molecule has 2 atom stereocenters. The highest BCUT2D eigenvalue weighted by molar-refractivity contribution is 5.94. The number of phenols is 1. The summed E-state index contributed by atoms with van der Waals surface area (Å²) in [5, 5.41) is 36.3. The van der Waals surface area contributed by atoms with Crippen LogP contribution in [0.5, 0.6) is 11.5 Å². The van der Waals surface area contributed by atoms with Crippen LogP contribution in [-0.2, 0) is 9.53 Å². The predicted octanol–water partition coefficient (Wildman–Crippen LogP) is 2.03. The number of nitrogens with one attached hydrogen (secondary N) is 1. The zero-order valence-electron chi connectivity index (χ0n) is 18.2. The van der Waals surface area contributed by atoms with Gasteiger partial charge >= 0.3 is 0 Å². The number of amides is 1. The summed E-state index contributed by atoms with van der Waals surface area (Å²) in [5.74, 6) is 0.166. The Hall–Kier alpha value is -2.36. The fourth-order valence-electron chi connectivity index (χ4n) is 1.86. The molecular weight excluding hydrogens is 382 g/mol. The van der Waals surface area contributed by atoms with E-state index in [0.717, 1.165) is 0 Å². The first-order valence-electron chi connectivity index (χ1n) is 9.59. The van der Waals surface area contributed by atoms with Crippen LogP contribution in [0.25, 0.3) is 0 Å². The van der Waals surface area contributed by atoms with Gasteiger partial charge in [0.25, 0.3) is 12.4 Å². The summed E-state index contributed by atoms with van der Waals surface area (Å²) in [6, 6.07) is 4.49. The van der Waals surface area contributed by atoms with Gasteiger partial charge in [-0.3, -0.25) is 9.59 Å². The minimum absolute atomic E-state index is 0.0412. The van der Waals surface area contributed by atoms with E-state index >= 15 is 0 Å². The average Bonchev–Trinajstić information content (AvgIpc) is 2.73. The fraction of sp³-hybridized carbons (Fsp3) is 0.600. The first-order chi connectivity index (χ1) is 13.9. The summed E-state index contributed by atoms with van der Waals surface area (Å²) in [5.41, 5.74) is 0.466. The second-order valence-corrected chi connectivity index (χ2v) is 4.88. The third-order valence-corrected chi connectivity index (χ3v) is 2.91. The van der Waals surface area contributed by atoms with Gasteiger partial charge in [0.1, 0.15) is 0 Å². The maximum Gasteiger partial charge on any atom is 0.290 e. The van der Waals surface area contributed by atoms with Crippen molar-refractivity contribution in [3.63, 3.8) is 0 Å². The van der Waals surface area contributed by atoms with Crippen LogP contribution < -0.4 is 10.1 Å². The number of phenolic OH excluding ortho intramolecular Hbond substituents is 1. The molecule has 1 saturated heterocycles. The number of benzene rings is 1. The van der Waals surface area contributed by atoms with Crippen LogP contribution in [0.1, 0.15) is 51.4 Å². The molecule has 0 saturated carbocycles. The monoisotopic (exact) mass is 419 g/mol. The number of hydrogen-bond donors (Lipinski definition) is 5. The van der Waals surface area contributed by atoms with Crippen molar-refractivity contribution in [3.05, 3.63) is 23.8 Å². The minimum Gasteiger partial charge on any atom is -0.504 e. The van der Waals surface area contributed by atoms with Gasteiger partial charge in [0, 0.05) is 19.0 Å². The smallest absolute Gasteiger partial charge is 0.290 e. The summed E-state index contributed by atoms with van der Waals surface area (Å²) in [6.07, 6.45) is -0.461. The molecule has 1 heterocycles. The molecular formula is C20H37NO8. The molecule has 2 unspecified atom stereocenters. The van der Waals surface area contributed by atoms with Crippen molar-refractivity contribution in [2.75, 3.05) is 26.9 Å². The van der Waals surface area contributed by atoms with Gasteiger partial charge < -0.3 is 35.2 Å². The molecule has 1 aromatic carbocycles. The topological polar surface area (TPSA) is 146 Å². The number of hydrogen-bond acceptors (Lipinski definition) is 7. The highest BCUT2D eigenvalue weighted by Crippen LogP contribution is 2.26. The lowest BCUT2D eigenvalue weighted by Crippen LogP contribution is -2.32. The molecule has 5 N–H and O–H groups in total. The standard InChI is InChI=1S/C10H13NO3.C5H10O3.2C2H6.CH2O2/c1-3-14-9-6-7(10(13)11-2)4-5-8(9)12;6-4-1-5(7)3-8-2-4;2*1-2;2-1-3/h4-6,12H,3H2,1-2H3,(H,11,13);4-7H,1-3H2;2*1-2H3;1H,(H,2,3). The molecule has 2 rings (SSSR count). The van der Waals surface area contributed by atoms with E-state index in [1.807, 2.05) is 34.6 Å². The number of aliphatic hydroxyl groups is 2. The first kappa shape index (κ1) is 31.3. The molecule has 0 radical (unpaired) electrons. The van der Waals surface area contributed by atoms with E-state index in [0.29, 0.717) is 37.6 Å². The zero-order valence-corrected chi connectivity index (χ0v) is 18.2. The maximum absolute atomic E-state index is 11.2. The molecule has 0 bridgehead atoms. The fourth-order valence-corrected chi connectivity index (χ4v) is 1.86. The molecule has 170 valence electrons. The van der Waals surface area contributed by atoms with E-state index in [1.54, 1.807) is 7.05 Å². The van der Waals surface area contributed by atoms with Gasteiger partial charge in [-0.05, 0) is 25.1 Å². The van der Waals surface area contributed by atoms with E-state index < -0.39 is 12.2 Å². The Labute approximate surface area is 173 Å². The molecule has 29 heavy (non-hydrogen) atoms. The van der Waals surface area contributed by atoms with Crippen LogP contribution >= 0.6 is 0 Å². The van der Waals surface area contributed by atoms with E-state index in [1.165, 1.54) is 18.2 Å². The van der Waals surface area contributed by atoms with E-state index in [-0.39, 0.29) is 18.1 Å². The van der Waals surface area contributed by atoms with Crippen LogP contribution in [0.15, 0.2) is 18.2 Å². The molecule has 0 aliphatic carbocycles. The van der Waals surface area contributed by atoms with Crippen molar-refractivity contribution < 1.29 is 39.5 Å². The van der Waals surface area contributed by atoms with Gasteiger partial charge in [-0.15, -0.1) is 0 Å². The van der Waals surface area contributed by atoms with Crippen molar-refractivity contribution in [2.24, 2.45) is 0 Å². The van der Waals surface area contributed by atoms with Crippen molar-refractivity contribution >= 4 is 12.4 Å². The third-order valence-electron chi connectivity index (χ3n) is 2.91. The number of aliphatic hydroxyl groups excluding tert-OH is 2. The molecule has 1 fully saturated rings. The third kappa shape index (κ3) is 16.3. The lowest BCUT2D eigenvalue weighted by Gasteiger charge is -2.21. The lowest BCUT2D eigenvalue weighted by molar-refractivity contribution is -0.122. The Morgan fingerprint density at radius 2 is 1.69 bits per heavy atom. The number of carbonyl (C=O) groups is 2. The number of rotatable bonds is 3. The van der Waals surface area contributed by atoms with Gasteiger partial charge in [0.05, 0.1) is 32.0 Å². The maximum atomic E-state index is 11.2. The normalized spacial score (nSPS) is 16.4. The van der Waals surface area contributed by atoms with Gasteiger partial charge in [0.2, 0.25) is 0 Å². The van der Waals surface area contributed by atoms with Gasteiger partial charge in [-0.2, -0.15) is 0 Å². The van der Waals surface area contributed by atoms with Crippen LogP contribution in [0.3, 0.4) is 0 Å². The highest BCUT2D eigenvalue weighted by Gasteiger charge is 2.17. The summed E-state index contributed by atoms with van der Waals surface area (Å²) < 4.78 is 9.94. The van der Waals surface area contributed by atoms with E-state index in [4.69, 9.17) is 29.6 Å². The zero-order chi connectivity index (χ0) is 23.2. The van der Waals surface area contributed by atoms with Crippen molar-refractivity contribution in [1.29, 1.82) is 0 Å². The molecule has 1 amide bonds. The number of carbonyl (C=O) groups excluding carboxylic acids is 1. The number of carboxylic acid groups (broad SMARTS) is 1. The summed E-state index contributed by atoms with van der Waals surface area (Å²) >= 11 is 0. The Balaban J connectivity index is -0.000000381. The minimum atomic E-state index is -0.459. The molecule has 0 spiro atoms. The SMILES string of the molecule is CC.CC.CCOc1cc(C(=O)NC)ccc1O.O=CO.OC1COCC(O)C1. The number of aromatic hydroxyl groups is 1. The Morgan fingerprint density at radius 1 is 1.21 bits per heavy atom. The van der Waals surface area contributed by atoms with Gasteiger partial charge in [0.15, 0.2) is 11.5 Å². The van der Waals surface area contributed by atoms with Gasteiger partial charge in [-0.1, -0.05) is 27.7 Å². The molecule has 1 aliphatic heterocycles. The van der Waals surface area contributed by atoms with E-state index in [9.17, 15) is 9.90 Å². The van der Waals surface area contributed by atoms with Crippen LogP contribution in [0.2, 0.25) is 0 Å². The largest absolute Gasteiger partial charge is 0.504 e. The molecule has 9 heteroatoms. The average molecular weight is 420 g/mol. The predicted molar refractivity (Wildman–Crippen MR) is 112 cm³/mol. The lowest BCUT2D eigenvalue weighted by atomic mass is 10.1. The summed E-state index contributed by atoms with van der Waals surface area (Å²) in [6.45, 7) is 10.8. The number of ether oxygens (including phenoxy) is 2. The summed E-state index contributed by atoms with van der Waals surface area (Å²) in [7, 11) is 1.55.